The fourth-order valence-corrected chi connectivity index (χ4v) is 3.48. The van der Waals surface area contributed by atoms with Crippen LogP contribution in [0.15, 0.2) is 47.9 Å². The Kier molecular flexibility index (Phi) is 4.85. The molecule has 1 fully saturated rings. The number of carbonyl (C=O) groups excluding carboxylic acids is 2. The molecule has 1 aliphatic heterocycles. The van der Waals surface area contributed by atoms with E-state index >= 15 is 0 Å². The van der Waals surface area contributed by atoms with Gasteiger partial charge in [-0.3, -0.25) is 4.79 Å². The summed E-state index contributed by atoms with van der Waals surface area (Å²) >= 11 is 0. The van der Waals surface area contributed by atoms with Gasteiger partial charge in [-0.2, -0.15) is 10.1 Å². The maximum absolute atomic E-state index is 12.9. The second-order valence-electron chi connectivity index (χ2n) is 6.97. The van der Waals surface area contributed by atoms with Crippen molar-refractivity contribution in [2.45, 2.75) is 38.8 Å². The molecule has 8 heteroatoms. The van der Waals surface area contributed by atoms with Crippen molar-refractivity contribution in [1.82, 2.24) is 20.1 Å². The van der Waals surface area contributed by atoms with E-state index in [-0.39, 0.29) is 25.1 Å². The lowest BCUT2D eigenvalue weighted by molar-refractivity contribution is -0.139. The van der Waals surface area contributed by atoms with Crippen LogP contribution in [0.25, 0.3) is 0 Å². The molecule has 1 N–H and O–H groups in total. The lowest BCUT2D eigenvalue weighted by atomic mass is 9.95. The summed E-state index contributed by atoms with van der Waals surface area (Å²) in [4.78, 5) is 31.4. The van der Waals surface area contributed by atoms with Gasteiger partial charge in [-0.1, -0.05) is 30.3 Å². The number of fused-ring (bicyclic) bond motifs is 1. The number of amides is 1. The summed E-state index contributed by atoms with van der Waals surface area (Å²) in [5.74, 6) is 0.0192. The first-order valence-corrected chi connectivity index (χ1v) is 9.49. The largest absolute Gasteiger partial charge is 0.463 e. The highest BCUT2D eigenvalue weighted by molar-refractivity contribution is 5.93. The molecule has 2 aromatic rings. The van der Waals surface area contributed by atoms with Gasteiger partial charge in [0.05, 0.1) is 12.2 Å². The SMILES string of the molecule is CCOC(=O)C1=C(C)N(CC(=O)NC2CC2)c2ncnn2[C@H]1c1ccccc1. The Labute approximate surface area is 163 Å². The highest BCUT2D eigenvalue weighted by atomic mass is 16.5. The Balaban J connectivity index is 1.77. The van der Waals surface area contributed by atoms with E-state index in [1.807, 2.05) is 37.3 Å². The van der Waals surface area contributed by atoms with Crippen LogP contribution in [0.4, 0.5) is 5.95 Å². The summed E-state index contributed by atoms with van der Waals surface area (Å²) in [5.41, 5.74) is 2.02. The first-order valence-electron chi connectivity index (χ1n) is 9.49. The second-order valence-corrected chi connectivity index (χ2v) is 6.97. The molecule has 8 nitrogen and oxygen atoms in total. The maximum Gasteiger partial charge on any atom is 0.338 e. The molecule has 0 unspecified atom stereocenters. The van der Waals surface area contributed by atoms with Crippen LogP contribution in [-0.2, 0) is 14.3 Å². The van der Waals surface area contributed by atoms with Crippen molar-refractivity contribution in [2.75, 3.05) is 18.1 Å². The fraction of sp³-hybridized carbons (Fsp3) is 0.400. The lowest BCUT2D eigenvalue weighted by Gasteiger charge is -2.35. The number of hydrogen-bond acceptors (Lipinski definition) is 6. The van der Waals surface area contributed by atoms with Gasteiger partial charge in [0.15, 0.2) is 0 Å². The number of nitrogens with zero attached hydrogens (tertiary/aromatic N) is 4. The predicted molar refractivity (Wildman–Crippen MR) is 102 cm³/mol. The van der Waals surface area contributed by atoms with Crippen LogP contribution in [0.1, 0.15) is 38.3 Å². The quantitative estimate of drug-likeness (QED) is 0.768. The van der Waals surface area contributed by atoms with Crippen LogP contribution >= 0.6 is 0 Å². The average Bonchev–Trinajstić information content (AvgIpc) is 3.36. The van der Waals surface area contributed by atoms with E-state index in [4.69, 9.17) is 4.74 Å². The zero-order valence-corrected chi connectivity index (χ0v) is 16.0. The number of anilines is 1. The normalized spacial score (nSPS) is 18.6. The van der Waals surface area contributed by atoms with Gasteiger partial charge >= 0.3 is 5.97 Å². The third kappa shape index (κ3) is 3.37. The van der Waals surface area contributed by atoms with Crippen LogP contribution in [0.2, 0.25) is 0 Å². The first kappa shape index (κ1) is 18.2. The summed E-state index contributed by atoms with van der Waals surface area (Å²) in [6.45, 7) is 3.94. The van der Waals surface area contributed by atoms with Gasteiger partial charge in [0, 0.05) is 11.7 Å². The molecule has 146 valence electrons. The number of esters is 1. The Hall–Kier alpha value is -3.16. The molecule has 2 heterocycles. The molecule has 1 aromatic heterocycles. The summed E-state index contributed by atoms with van der Waals surface area (Å²) < 4.78 is 7.02. The molecule has 4 rings (SSSR count). The molecule has 1 atom stereocenters. The van der Waals surface area contributed by atoms with Crippen molar-refractivity contribution in [3.8, 4) is 0 Å². The molecule has 1 aliphatic carbocycles. The Morgan fingerprint density at radius 3 is 2.68 bits per heavy atom. The number of nitrogens with one attached hydrogen (secondary N) is 1. The molecule has 1 saturated carbocycles. The molecule has 0 radical (unpaired) electrons. The van der Waals surface area contributed by atoms with Crippen LogP contribution in [-0.4, -0.2) is 45.8 Å². The standard InChI is InChI=1S/C20H23N5O3/c1-3-28-19(27)17-13(2)24(11-16(26)23-15-9-10-15)20-21-12-22-25(20)18(17)14-7-5-4-6-8-14/h4-8,12,15,18H,3,9-11H2,1-2H3,(H,23,26)/t18-/m0/s1. The van der Waals surface area contributed by atoms with Gasteiger partial charge in [-0.05, 0) is 32.3 Å². The number of aromatic nitrogens is 3. The van der Waals surface area contributed by atoms with Crippen molar-refractivity contribution in [3.05, 3.63) is 53.5 Å². The minimum absolute atomic E-state index is 0.0748. The minimum Gasteiger partial charge on any atom is -0.463 e. The number of ether oxygens (including phenoxy) is 1. The van der Waals surface area contributed by atoms with Crippen molar-refractivity contribution in [3.63, 3.8) is 0 Å². The van der Waals surface area contributed by atoms with E-state index in [0.717, 1.165) is 18.4 Å². The Morgan fingerprint density at radius 1 is 1.25 bits per heavy atom. The van der Waals surface area contributed by atoms with Gasteiger partial charge < -0.3 is 15.0 Å². The molecule has 0 spiro atoms. The third-order valence-corrected chi connectivity index (χ3v) is 4.96. The Bertz CT molecular complexity index is 917. The summed E-state index contributed by atoms with van der Waals surface area (Å²) in [6.07, 6.45) is 3.47. The molecule has 2 aliphatic rings. The molecule has 0 saturated heterocycles. The number of hydrogen-bond donors (Lipinski definition) is 1. The summed E-state index contributed by atoms with van der Waals surface area (Å²) in [5, 5.41) is 7.34. The van der Waals surface area contributed by atoms with E-state index in [1.54, 1.807) is 16.5 Å². The van der Waals surface area contributed by atoms with Crippen molar-refractivity contribution >= 4 is 17.8 Å². The molecule has 1 amide bonds. The fourth-order valence-electron chi connectivity index (χ4n) is 3.48. The van der Waals surface area contributed by atoms with Gasteiger partial charge in [-0.25, -0.2) is 9.48 Å². The number of allylic oxidation sites excluding steroid dienone is 1. The van der Waals surface area contributed by atoms with Crippen molar-refractivity contribution in [2.24, 2.45) is 0 Å². The lowest BCUT2D eigenvalue weighted by Crippen LogP contribution is -2.43. The van der Waals surface area contributed by atoms with Gasteiger partial charge in [-0.15, -0.1) is 0 Å². The summed E-state index contributed by atoms with van der Waals surface area (Å²) in [6, 6.07) is 9.44. The average molecular weight is 381 g/mol. The number of rotatable bonds is 6. The minimum atomic E-state index is -0.458. The third-order valence-electron chi connectivity index (χ3n) is 4.96. The Morgan fingerprint density at radius 2 is 2.00 bits per heavy atom. The highest BCUT2D eigenvalue weighted by Gasteiger charge is 2.38. The molecule has 28 heavy (non-hydrogen) atoms. The zero-order chi connectivity index (χ0) is 19.7. The van der Waals surface area contributed by atoms with Crippen molar-refractivity contribution in [1.29, 1.82) is 0 Å². The van der Waals surface area contributed by atoms with Crippen LogP contribution in [0.5, 0.6) is 0 Å². The van der Waals surface area contributed by atoms with E-state index in [2.05, 4.69) is 15.4 Å². The number of benzene rings is 1. The second kappa shape index (κ2) is 7.46. The molecular formula is C20H23N5O3. The van der Waals surface area contributed by atoms with Crippen LogP contribution < -0.4 is 10.2 Å². The van der Waals surface area contributed by atoms with Crippen molar-refractivity contribution < 1.29 is 14.3 Å². The molecular weight excluding hydrogens is 358 g/mol. The zero-order valence-electron chi connectivity index (χ0n) is 16.0. The van der Waals surface area contributed by atoms with Gasteiger partial charge in [0.1, 0.15) is 18.9 Å². The number of carbonyl (C=O) groups is 2. The maximum atomic E-state index is 12.9. The summed E-state index contributed by atoms with van der Waals surface area (Å²) in [7, 11) is 0. The first-order chi connectivity index (χ1) is 13.6. The topological polar surface area (TPSA) is 89.3 Å². The smallest absolute Gasteiger partial charge is 0.338 e. The van der Waals surface area contributed by atoms with Crippen LogP contribution in [0.3, 0.4) is 0 Å². The highest BCUT2D eigenvalue weighted by Crippen LogP contribution is 2.38. The molecule has 1 aromatic carbocycles. The van der Waals surface area contributed by atoms with E-state index in [9.17, 15) is 9.59 Å². The van der Waals surface area contributed by atoms with Gasteiger partial charge in [0.25, 0.3) is 0 Å². The molecule has 0 bridgehead atoms. The van der Waals surface area contributed by atoms with Crippen LogP contribution in [0, 0.1) is 0 Å². The van der Waals surface area contributed by atoms with Gasteiger partial charge in [0.2, 0.25) is 11.9 Å². The van der Waals surface area contributed by atoms with E-state index in [1.165, 1.54) is 6.33 Å². The van der Waals surface area contributed by atoms with E-state index < -0.39 is 12.0 Å². The monoisotopic (exact) mass is 381 g/mol. The van der Waals surface area contributed by atoms with E-state index in [0.29, 0.717) is 17.2 Å². The predicted octanol–water partition coefficient (Wildman–Crippen LogP) is 1.80.